The lowest BCUT2D eigenvalue weighted by atomic mass is 10.1. The van der Waals surface area contributed by atoms with Crippen LogP contribution in [0.1, 0.15) is 17.7 Å². The predicted molar refractivity (Wildman–Crippen MR) is 99.9 cm³/mol. The second-order valence-electron chi connectivity index (χ2n) is 6.36. The number of hydrogen-bond donors (Lipinski definition) is 0. The van der Waals surface area contributed by atoms with E-state index in [1.54, 1.807) is 16.5 Å². The monoisotopic (exact) mass is 404 g/mol. The van der Waals surface area contributed by atoms with Crippen molar-refractivity contribution in [2.75, 3.05) is 13.1 Å². The number of amides is 1. The second-order valence-corrected chi connectivity index (χ2v) is 7.21. The smallest absolute Gasteiger partial charge is 0.254 e. The molecule has 0 unspecified atom stereocenters. The first-order valence-corrected chi connectivity index (χ1v) is 9.09. The van der Waals surface area contributed by atoms with E-state index in [1.165, 1.54) is 6.07 Å². The van der Waals surface area contributed by atoms with Crippen molar-refractivity contribution < 1.29 is 9.53 Å². The van der Waals surface area contributed by atoms with Crippen LogP contribution in [0.3, 0.4) is 0 Å². The molecule has 1 aromatic carbocycles. The Kier molecular flexibility index (Phi) is 5.27. The molecule has 0 radical (unpaired) electrons. The Morgan fingerprint density at radius 1 is 1.28 bits per heavy atom. The van der Waals surface area contributed by atoms with Crippen molar-refractivity contribution >= 4 is 21.8 Å². The van der Waals surface area contributed by atoms with E-state index >= 15 is 0 Å². The van der Waals surface area contributed by atoms with Gasteiger partial charge in [0, 0.05) is 29.7 Å². The van der Waals surface area contributed by atoms with E-state index in [1.807, 2.05) is 37.3 Å². The maximum atomic E-state index is 12.3. The van der Waals surface area contributed by atoms with Crippen LogP contribution in [-0.4, -0.2) is 34.6 Å². The first kappa shape index (κ1) is 17.7. The number of benzene rings is 1. The Labute approximate surface area is 155 Å². The maximum Gasteiger partial charge on any atom is 0.254 e. The fraction of sp³-hybridized carbons (Fsp3) is 0.368. The molecule has 6 heteroatoms. The van der Waals surface area contributed by atoms with Crippen LogP contribution in [0.4, 0.5) is 0 Å². The lowest BCUT2D eigenvalue weighted by Crippen LogP contribution is -2.56. The summed E-state index contributed by atoms with van der Waals surface area (Å²) in [5.74, 6) is 0.710. The van der Waals surface area contributed by atoms with Crippen molar-refractivity contribution in [2.45, 2.75) is 25.9 Å². The van der Waals surface area contributed by atoms with Gasteiger partial charge in [-0.1, -0.05) is 34.1 Å². The Hall–Kier alpha value is -2.08. The van der Waals surface area contributed by atoms with Gasteiger partial charge >= 0.3 is 0 Å². The number of pyridine rings is 1. The summed E-state index contributed by atoms with van der Waals surface area (Å²) < 4.78 is 8.42. The van der Waals surface area contributed by atoms with Gasteiger partial charge in [0.15, 0.2) is 0 Å². The van der Waals surface area contributed by atoms with Gasteiger partial charge in [0.2, 0.25) is 5.91 Å². The van der Waals surface area contributed by atoms with Crippen LogP contribution < -0.4 is 10.3 Å². The number of halogens is 1. The molecular weight excluding hydrogens is 384 g/mol. The standard InChI is InChI=1S/C19H21BrN2O3/c1-13-9-15(10-19(24)21(13)2)25-16-11-22(12-16)18(23)8-7-14-5-3-4-6-17(14)20/h3-6,9-10,16H,7-8,11-12H2,1-2H3. The Balaban J connectivity index is 1.48. The van der Waals surface area contributed by atoms with Gasteiger partial charge in [-0.15, -0.1) is 0 Å². The minimum Gasteiger partial charge on any atom is -0.486 e. The van der Waals surface area contributed by atoms with Gasteiger partial charge in [-0.2, -0.15) is 0 Å². The quantitative estimate of drug-likeness (QED) is 0.769. The molecule has 1 aromatic heterocycles. The van der Waals surface area contributed by atoms with Crippen molar-refractivity contribution in [3.05, 3.63) is 62.5 Å². The third-order valence-electron chi connectivity index (χ3n) is 4.55. The molecular formula is C19H21BrN2O3. The van der Waals surface area contributed by atoms with Crippen LogP contribution in [0.25, 0.3) is 0 Å². The molecule has 3 rings (SSSR count). The average molecular weight is 405 g/mol. The third kappa shape index (κ3) is 4.12. The van der Waals surface area contributed by atoms with Gasteiger partial charge in [-0.05, 0) is 31.0 Å². The molecule has 0 spiro atoms. The molecule has 0 N–H and O–H groups in total. The van der Waals surface area contributed by atoms with Gasteiger partial charge in [0.05, 0.1) is 13.1 Å². The zero-order valence-electron chi connectivity index (χ0n) is 14.4. The summed E-state index contributed by atoms with van der Waals surface area (Å²) >= 11 is 3.51. The Bertz CT molecular complexity index is 841. The van der Waals surface area contributed by atoms with E-state index < -0.39 is 0 Å². The summed E-state index contributed by atoms with van der Waals surface area (Å²) in [6, 6.07) is 11.3. The second kappa shape index (κ2) is 7.44. The van der Waals surface area contributed by atoms with Crippen LogP contribution in [0.5, 0.6) is 5.75 Å². The molecule has 0 aliphatic carbocycles. The highest BCUT2D eigenvalue weighted by Gasteiger charge is 2.32. The molecule has 1 amide bonds. The van der Waals surface area contributed by atoms with Crippen LogP contribution in [0.15, 0.2) is 45.7 Å². The summed E-state index contributed by atoms with van der Waals surface area (Å²) in [6.07, 6.45) is 1.16. The van der Waals surface area contributed by atoms with E-state index in [2.05, 4.69) is 15.9 Å². The number of ether oxygens (including phenoxy) is 1. The zero-order valence-corrected chi connectivity index (χ0v) is 16.0. The molecule has 2 heterocycles. The highest BCUT2D eigenvalue weighted by Crippen LogP contribution is 2.21. The molecule has 1 saturated heterocycles. The largest absolute Gasteiger partial charge is 0.486 e. The molecule has 2 aromatic rings. The lowest BCUT2D eigenvalue weighted by Gasteiger charge is -2.39. The third-order valence-corrected chi connectivity index (χ3v) is 5.32. The summed E-state index contributed by atoms with van der Waals surface area (Å²) in [4.78, 5) is 25.8. The molecule has 132 valence electrons. The lowest BCUT2D eigenvalue weighted by molar-refractivity contribution is -0.139. The average Bonchev–Trinajstić information content (AvgIpc) is 2.54. The number of aromatic nitrogens is 1. The maximum absolute atomic E-state index is 12.3. The normalized spacial score (nSPS) is 14.3. The van der Waals surface area contributed by atoms with Crippen LogP contribution in [-0.2, 0) is 18.3 Å². The first-order valence-electron chi connectivity index (χ1n) is 8.29. The molecule has 1 aliphatic heterocycles. The molecule has 1 fully saturated rings. The SMILES string of the molecule is Cc1cc(OC2CN(C(=O)CCc3ccccc3Br)C2)cc(=O)n1C. The van der Waals surface area contributed by atoms with Crippen LogP contribution in [0.2, 0.25) is 0 Å². The van der Waals surface area contributed by atoms with Crippen molar-refractivity contribution in [1.29, 1.82) is 0 Å². The van der Waals surface area contributed by atoms with Gasteiger partial charge in [-0.3, -0.25) is 9.59 Å². The molecule has 0 saturated carbocycles. The zero-order chi connectivity index (χ0) is 18.0. The highest BCUT2D eigenvalue weighted by atomic mass is 79.9. The summed E-state index contributed by atoms with van der Waals surface area (Å²) in [6.45, 7) is 3.01. The van der Waals surface area contributed by atoms with Gasteiger partial charge in [-0.25, -0.2) is 0 Å². The fourth-order valence-corrected chi connectivity index (χ4v) is 3.30. The minimum absolute atomic E-state index is 0.0427. The van der Waals surface area contributed by atoms with Crippen LogP contribution in [0, 0.1) is 6.92 Å². The predicted octanol–water partition coefficient (Wildman–Crippen LogP) is 2.68. The van der Waals surface area contributed by atoms with Gasteiger partial charge in [0.1, 0.15) is 11.9 Å². The molecule has 25 heavy (non-hydrogen) atoms. The Morgan fingerprint density at radius 3 is 2.68 bits per heavy atom. The van der Waals surface area contributed by atoms with Crippen LogP contribution >= 0.6 is 15.9 Å². The first-order chi connectivity index (χ1) is 11.9. The van der Waals surface area contributed by atoms with Crippen molar-refractivity contribution in [1.82, 2.24) is 9.47 Å². The number of carbonyl (C=O) groups excluding carboxylic acids is 1. The van der Waals surface area contributed by atoms with E-state index in [0.717, 1.165) is 22.2 Å². The highest BCUT2D eigenvalue weighted by molar-refractivity contribution is 9.10. The number of aryl methyl sites for hydroxylation is 2. The van der Waals surface area contributed by atoms with E-state index in [4.69, 9.17) is 4.74 Å². The molecule has 0 bridgehead atoms. The van der Waals surface area contributed by atoms with Gasteiger partial charge in [0.25, 0.3) is 5.56 Å². The van der Waals surface area contributed by atoms with E-state index in [-0.39, 0.29) is 17.6 Å². The summed E-state index contributed by atoms with van der Waals surface area (Å²) in [7, 11) is 1.73. The molecule has 1 aliphatic rings. The number of nitrogens with zero attached hydrogens (tertiary/aromatic N) is 2. The summed E-state index contributed by atoms with van der Waals surface area (Å²) in [5.41, 5.74) is 1.90. The summed E-state index contributed by atoms with van der Waals surface area (Å²) in [5, 5.41) is 0. The number of likely N-dealkylation sites (tertiary alicyclic amines) is 1. The number of rotatable bonds is 5. The molecule has 0 atom stereocenters. The minimum atomic E-state index is -0.0873. The Morgan fingerprint density at radius 2 is 2.00 bits per heavy atom. The van der Waals surface area contributed by atoms with Gasteiger partial charge < -0.3 is 14.2 Å². The molecule has 5 nitrogen and oxygen atoms in total. The topological polar surface area (TPSA) is 51.5 Å². The van der Waals surface area contributed by atoms with E-state index in [9.17, 15) is 9.59 Å². The fourth-order valence-electron chi connectivity index (χ4n) is 2.81. The van der Waals surface area contributed by atoms with Crippen molar-refractivity contribution in [3.63, 3.8) is 0 Å². The van der Waals surface area contributed by atoms with Crippen molar-refractivity contribution in [2.24, 2.45) is 7.05 Å². The van der Waals surface area contributed by atoms with Crippen molar-refractivity contribution in [3.8, 4) is 5.75 Å². The van der Waals surface area contributed by atoms with E-state index in [0.29, 0.717) is 25.3 Å². The number of hydrogen-bond acceptors (Lipinski definition) is 3. The number of carbonyl (C=O) groups is 1.